The highest BCUT2D eigenvalue weighted by molar-refractivity contribution is 5.95. The van der Waals surface area contributed by atoms with Gasteiger partial charge in [0.15, 0.2) is 0 Å². The van der Waals surface area contributed by atoms with Crippen molar-refractivity contribution in [2.24, 2.45) is 11.3 Å². The first-order chi connectivity index (χ1) is 19.3. The molecule has 7 heteroatoms. The van der Waals surface area contributed by atoms with E-state index in [1.807, 2.05) is 79.4 Å². The normalized spacial score (nSPS) is 14.6. The van der Waals surface area contributed by atoms with Crippen LogP contribution in [0.1, 0.15) is 66.2 Å². The Kier molecular flexibility index (Phi) is 9.34. The van der Waals surface area contributed by atoms with Gasteiger partial charge in [0, 0.05) is 25.1 Å². The highest BCUT2D eigenvalue weighted by Crippen LogP contribution is 2.37. The first kappa shape index (κ1) is 28.6. The van der Waals surface area contributed by atoms with Gasteiger partial charge in [0.1, 0.15) is 6.61 Å². The third kappa shape index (κ3) is 7.15. The summed E-state index contributed by atoms with van der Waals surface area (Å²) in [4.78, 5) is 41.3. The quantitative estimate of drug-likeness (QED) is 0.367. The second-order valence-electron chi connectivity index (χ2n) is 10.8. The van der Waals surface area contributed by atoms with Crippen LogP contribution in [0.15, 0.2) is 84.9 Å². The number of nitrogens with one attached hydrogen (secondary N) is 1. The minimum atomic E-state index is -0.939. The molecule has 1 aliphatic heterocycles. The van der Waals surface area contributed by atoms with Crippen molar-refractivity contribution in [2.75, 3.05) is 13.1 Å². The Morgan fingerprint density at radius 2 is 1.55 bits per heavy atom. The minimum Gasteiger partial charge on any atom is -0.461 e. The molecule has 0 bridgehead atoms. The number of ether oxygens (including phenoxy) is 1. The average Bonchev–Trinajstić information content (AvgIpc) is 2.99. The molecule has 7 nitrogen and oxygen atoms in total. The molecule has 0 saturated carbocycles. The van der Waals surface area contributed by atoms with E-state index in [1.54, 1.807) is 24.3 Å². The van der Waals surface area contributed by atoms with Crippen LogP contribution in [0.2, 0.25) is 0 Å². The molecule has 206 valence electrons. The van der Waals surface area contributed by atoms with Crippen molar-refractivity contribution in [1.82, 2.24) is 10.2 Å². The average molecular weight is 538 g/mol. The summed E-state index contributed by atoms with van der Waals surface area (Å²) >= 11 is 0. The number of likely N-dealkylation sites (tertiary alicyclic amines) is 1. The molecule has 1 fully saturated rings. The number of hydrogen-bond acceptors (Lipinski definition) is 5. The Bertz CT molecular complexity index is 1340. The number of piperidine rings is 1. The molecule has 40 heavy (non-hydrogen) atoms. The van der Waals surface area contributed by atoms with Gasteiger partial charge in [-0.05, 0) is 68.0 Å². The van der Waals surface area contributed by atoms with Gasteiger partial charge in [-0.2, -0.15) is 5.26 Å². The maximum absolute atomic E-state index is 13.9. The van der Waals surface area contributed by atoms with Gasteiger partial charge in [-0.1, -0.05) is 60.7 Å². The van der Waals surface area contributed by atoms with E-state index < -0.39 is 11.5 Å². The molecule has 0 spiro atoms. The molecule has 3 aromatic carbocycles. The van der Waals surface area contributed by atoms with Crippen LogP contribution in [0, 0.1) is 22.7 Å². The van der Waals surface area contributed by atoms with E-state index >= 15 is 0 Å². The maximum atomic E-state index is 13.9. The van der Waals surface area contributed by atoms with Gasteiger partial charge in [0.25, 0.3) is 5.91 Å². The lowest BCUT2D eigenvalue weighted by Crippen LogP contribution is -2.51. The van der Waals surface area contributed by atoms with Gasteiger partial charge >= 0.3 is 5.97 Å². The molecule has 0 aliphatic carbocycles. The standard InChI is InChI=1S/C33H35N3O4/c1-33(2,30(27-11-7-4-8-12-27)35-31(38)28-15-13-25(22-34)14-16-28)32(39)36-19-17-24(18-20-36)21-29(37)40-23-26-9-5-3-6-10-26/h3-16,24,30H,17-21,23H2,1-2H3,(H,35,38). The van der Waals surface area contributed by atoms with Gasteiger partial charge < -0.3 is 15.0 Å². The molecule has 1 aliphatic rings. The zero-order chi connectivity index (χ0) is 28.5. The SMILES string of the molecule is CC(C)(C(=O)N1CCC(CC(=O)OCc2ccccc2)CC1)C(NC(=O)c1ccc(C#N)cc1)c1ccccc1. The van der Waals surface area contributed by atoms with Crippen molar-refractivity contribution in [3.05, 3.63) is 107 Å². The second-order valence-corrected chi connectivity index (χ2v) is 10.8. The Balaban J connectivity index is 1.38. The Morgan fingerprint density at radius 3 is 2.15 bits per heavy atom. The van der Waals surface area contributed by atoms with Gasteiger partial charge in [-0.15, -0.1) is 0 Å². The Morgan fingerprint density at radius 1 is 0.950 bits per heavy atom. The van der Waals surface area contributed by atoms with Crippen molar-refractivity contribution < 1.29 is 19.1 Å². The van der Waals surface area contributed by atoms with Crippen LogP contribution in [0.5, 0.6) is 0 Å². The van der Waals surface area contributed by atoms with Crippen LogP contribution in [-0.4, -0.2) is 35.8 Å². The molecule has 1 heterocycles. The maximum Gasteiger partial charge on any atom is 0.306 e. The third-order valence-corrected chi connectivity index (χ3v) is 7.56. The van der Waals surface area contributed by atoms with Crippen LogP contribution < -0.4 is 5.32 Å². The van der Waals surface area contributed by atoms with E-state index in [9.17, 15) is 14.4 Å². The first-order valence-electron chi connectivity index (χ1n) is 13.6. The van der Waals surface area contributed by atoms with Gasteiger partial charge in [0.05, 0.1) is 23.1 Å². The largest absolute Gasteiger partial charge is 0.461 e. The number of nitrogens with zero attached hydrogens (tertiary/aromatic N) is 2. The molecule has 1 atom stereocenters. The third-order valence-electron chi connectivity index (χ3n) is 7.56. The summed E-state index contributed by atoms with van der Waals surface area (Å²) in [5.74, 6) is -0.418. The number of benzene rings is 3. The second kappa shape index (κ2) is 13.1. The van der Waals surface area contributed by atoms with Crippen molar-refractivity contribution >= 4 is 17.8 Å². The van der Waals surface area contributed by atoms with E-state index in [1.165, 1.54) is 0 Å². The summed E-state index contributed by atoms with van der Waals surface area (Å²) in [7, 11) is 0. The lowest BCUT2D eigenvalue weighted by Gasteiger charge is -2.40. The zero-order valence-corrected chi connectivity index (χ0v) is 23.0. The lowest BCUT2D eigenvalue weighted by atomic mass is 9.78. The van der Waals surface area contributed by atoms with E-state index in [2.05, 4.69) is 11.4 Å². The van der Waals surface area contributed by atoms with Crippen LogP contribution in [-0.2, 0) is 20.9 Å². The molecular formula is C33H35N3O4. The summed E-state index contributed by atoms with van der Waals surface area (Å²) in [6, 6.07) is 27.0. The summed E-state index contributed by atoms with van der Waals surface area (Å²) in [6.07, 6.45) is 1.78. The zero-order valence-electron chi connectivity index (χ0n) is 23.0. The van der Waals surface area contributed by atoms with Crippen LogP contribution in [0.4, 0.5) is 0 Å². The van der Waals surface area contributed by atoms with E-state index in [4.69, 9.17) is 10.00 Å². The Labute approximate surface area is 235 Å². The number of esters is 1. The smallest absolute Gasteiger partial charge is 0.306 e. The fraction of sp³-hybridized carbons (Fsp3) is 0.333. The predicted molar refractivity (Wildman–Crippen MR) is 152 cm³/mol. The van der Waals surface area contributed by atoms with Crippen molar-refractivity contribution in [1.29, 1.82) is 5.26 Å². The van der Waals surface area contributed by atoms with Crippen LogP contribution >= 0.6 is 0 Å². The summed E-state index contributed by atoms with van der Waals surface area (Å²) in [6.45, 7) is 5.08. The first-order valence-corrected chi connectivity index (χ1v) is 13.6. The number of rotatable bonds is 9. The van der Waals surface area contributed by atoms with Crippen molar-refractivity contribution in [2.45, 2.75) is 45.8 Å². The fourth-order valence-electron chi connectivity index (χ4n) is 5.14. The highest BCUT2D eigenvalue weighted by Gasteiger charge is 2.42. The fourth-order valence-corrected chi connectivity index (χ4v) is 5.14. The summed E-state index contributed by atoms with van der Waals surface area (Å²) in [5.41, 5.74) is 1.74. The number of nitriles is 1. The van der Waals surface area contributed by atoms with Crippen LogP contribution in [0.3, 0.4) is 0 Å². The minimum absolute atomic E-state index is 0.0495. The molecule has 2 amide bonds. The van der Waals surface area contributed by atoms with E-state index in [-0.39, 0.29) is 30.3 Å². The monoisotopic (exact) mass is 537 g/mol. The number of amides is 2. The number of hydrogen-bond donors (Lipinski definition) is 1. The van der Waals surface area contributed by atoms with Crippen LogP contribution in [0.25, 0.3) is 0 Å². The molecule has 4 rings (SSSR count). The molecule has 3 aromatic rings. The molecule has 1 saturated heterocycles. The summed E-state index contributed by atoms with van der Waals surface area (Å²) in [5, 5.41) is 12.1. The Hall–Kier alpha value is -4.44. The van der Waals surface area contributed by atoms with Crippen molar-refractivity contribution in [3.8, 4) is 6.07 Å². The molecule has 1 N–H and O–H groups in total. The van der Waals surface area contributed by atoms with Gasteiger partial charge in [-0.3, -0.25) is 14.4 Å². The topological polar surface area (TPSA) is 99.5 Å². The molecule has 0 radical (unpaired) electrons. The van der Waals surface area contributed by atoms with Gasteiger partial charge in [-0.25, -0.2) is 0 Å². The lowest BCUT2D eigenvalue weighted by molar-refractivity contribution is -0.147. The molecule has 1 unspecified atom stereocenters. The van der Waals surface area contributed by atoms with E-state index in [0.717, 1.165) is 24.0 Å². The van der Waals surface area contributed by atoms with E-state index in [0.29, 0.717) is 30.6 Å². The highest BCUT2D eigenvalue weighted by atomic mass is 16.5. The predicted octanol–water partition coefficient (Wildman–Crippen LogP) is 5.43. The number of carbonyl (C=O) groups excluding carboxylic acids is 3. The summed E-state index contributed by atoms with van der Waals surface area (Å²) < 4.78 is 5.45. The van der Waals surface area contributed by atoms with Gasteiger partial charge in [0.2, 0.25) is 5.91 Å². The van der Waals surface area contributed by atoms with Crippen molar-refractivity contribution in [3.63, 3.8) is 0 Å². The number of carbonyl (C=O) groups is 3. The molecular weight excluding hydrogens is 502 g/mol. The molecule has 0 aromatic heterocycles.